The summed E-state index contributed by atoms with van der Waals surface area (Å²) >= 11 is 1.26. The number of amides is 1. The molecule has 0 spiro atoms. The van der Waals surface area contributed by atoms with E-state index in [9.17, 15) is 4.79 Å². The van der Waals surface area contributed by atoms with E-state index in [0.717, 1.165) is 11.3 Å². The first-order chi connectivity index (χ1) is 10.2. The van der Waals surface area contributed by atoms with E-state index in [1.165, 1.54) is 11.5 Å². The number of hydrogen-bond donors (Lipinski definition) is 1. The highest BCUT2D eigenvalue weighted by atomic mass is 32.1. The van der Waals surface area contributed by atoms with Crippen LogP contribution >= 0.6 is 11.5 Å². The summed E-state index contributed by atoms with van der Waals surface area (Å²) in [6.45, 7) is 2.57. The molecule has 0 aliphatic carbocycles. The molecule has 112 valence electrons. The van der Waals surface area contributed by atoms with Crippen LogP contribution in [0.15, 0.2) is 36.4 Å². The van der Waals surface area contributed by atoms with Crippen molar-refractivity contribution in [3.8, 4) is 11.3 Å². The molecule has 0 radical (unpaired) electrons. The Kier molecular flexibility index (Phi) is 5.86. The minimum atomic E-state index is -0.526. The van der Waals surface area contributed by atoms with Crippen LogP contribution in [0.25, 0.3) is 11.3 Å². The molecule has 0 saturated heterocycles. The standard InChI is InChI=1S/C15H18N2O3S/c1-11(20-9-8-19-2)15(18)16-14-10-13(17-21-14)12-6-4-3-5-7-12/h3-7,10-11H,8-9H2,1-2H3,(H,16,18)/t11-/m0/s1. The molecule has 0 saturated carbocycles. The summed E-state index contributed by atoms with van der Waals surface area (Å²) in [6.07, 6.45) is -0.526. The number of nitrogens with zero attached hydrogens (tertiary/aromatic N) is 1. The van der Waals surface area contributed by atoms with E-state index >= 15 is 0 Å². The summed E-state index contributed by atoms with van der Waals surface area (Å²) in [6, 6.07) is 11.7. The topological polar surface area (TPSA) is 60.5 Å². The molecule has 5 nitrogen and oxygen atoms in total. The third-order valence-electron chi connectivity index (χ3n) is 2.85. The molecule has 21 heavy (non-hydrogen) atoms. The molecule has 2 rings (SSSR count). The summed E-state index contributed by atoms with van der Waals surface area (Å²) in [7, 11) is 1.59. The predicted octanol–water partition coefficient (Wildman–Crippen LogP) is 2.80. The average Bonchev–Trinajstić information content (AvgIpc) is 2.97. The number of aromatic nitrogens is 1. The maximum atomic E-state index is 12.0. The van der Waals surface area contributed by atoms with Crippen molar-refractivity contribution in [3.05, 3.63) is 36.4 Å². The van der Waals surface area contributed by atoms with Crippen LogP contribution in [-0.2, 0) is 14.3 Å². The van der Waals surface area contributed by atoms with E-state index in [2.05, 4.69) is 9.69 Å². The van der Waals surface area contributed by atoms with Crippen molar-refractivity contribution in [3.63, 3.8) is 0 Å². The fraction of sp³-hybridized carbons (Fsp3) is 0.333. The van der Waals surface area contributed by atoms with Crippen molar-refractivity contribution in [1.29, 1.82) is 0 Å². The molecule has 0 unspecified atom stereocenters. The molecule has 0 bridgehead atoms. The van der Waals surface area contributed by atoms with Gasteiger partial charge in [0.05, 0.1) is 18.9 Å². The molecule has 1 heterocycles. The lowest BCUT2D eigenvalue weighted by Crippen LogP contribution is -2.28. The Labute approximate surface area is 128 Å². The Morgan fingerprint density at radius 1 is 1.33 bits per heavy atom. The first-order valence-electron chi connectivity index (χ1n) is 6.64. The van der Waals surface area contributed by atoms with Gasteiger partial charge < -0.3 is 14.8 Å². The largest absolute Gasteiger partial charge is 0.382 e. The highest BCUT2D eigenvalue weighted by molar-refractivity contribution is 7.10. The van der Waals surface area contributed by atoms with Gasteiger partial charge in [0.15, 0.2) is 0 Å². The minimum Gasteiger partial charge on any atom is -0.382 e. The van der Waals surface area contributed by atoms with Crippen LogP contribution in [0.3, 0.4) is 0 Å². The van der Waals surface area contributed by atoms with Gasteiger partial charge in [-0.2, -0.15) is 4.37 Å². The summed E-state index contributed by atoms with van der Waals surface area (Å²) in [5.74, 6) is -0.186. The van der Waals surface area contributed by atoms with Crippen molar-refractivity contribution in [2.24, 2.45) is 0 Å². The van der Waals surface area contributed by atoms with Crippen LogP contribution in [-0.4, -0.2) is 36.7 Å². The lowest BCUT2D eigenvalue weighted by Gasteiger charge is -2.11. The van der Waals surface area contributed by atoms with E-state index < -0.39 is 6.10 Å². The molecule has 1 N–H and O–H groups in total. The molecule has 0 aliphatic rings. The molecule has 1 aromatic heterocycles. The SMILES string of the molecule is COCCO[C@@H](C)C(=O)Nc1cc(-c2ccccc2)ns1. The van der Waals surface area contributed by atoms with Gasteiger partial charge >= 0.3 is 0 Å². The van der Waals surface area contributed by atoms with E-state index in [1.807, 2.05) is 36.4 Å². The van der Waals surface area contributed by atoms with Crippen molar-refractivity contribution < 1.29 is 14.3 Å². The molecule has 0 aliphatic heterocycles. The lowest BCUT2D eigenvalue weighted by molar-refractivity contribution is -0.127. The van der Waals surface area contributed by atoms with Crippen molar-refractivity contribution in [1.82, 2.24) is 4.37 Å². The zero-order valence-corrected chi connectivity index (χ0v) is 12.9. The van der Waals surface area contributed by atoms with Gasteiger partial charge in [-0.3, -0.25) is 4.79 Å². The minimum absolute atomic E-state index is 0.186. The van der Waals surface area contributed by atoms with Crippen molar-refractivity contribution in [2.75, 3.05) is 25.6 Å². The van der Waals surface area contributed by atoms with Gasteiger partial charge in [-0.05, 0) is 18.5 Å². The Balaban J connectivity index is 1.92. The Bertz CT molecular complexity index is 571. The number of anilines is 1. The number of ether oxygens (including phenoxy) is 2. The number of hydrogen-bond acceptors (Lipinski definition) is 5. The normalized spacial score (nSPS) is 12.1. The van der Waals surface area contributed by atoms with Crippen LogP contribution < -0.4 is 5.32 Å². The van der Waals surface area contributed by atoms with Gasteiger partial charge in [0, 0.05) is 18.7 Å². The number of rotatable bonds is 7. The molecule has 2 aromatic rings. The Hall–Kier alpha value is -1.76. The highest BCUT2D eigenvalue weighted by Gasteiger charge is 2.15. The van der Waals surface area contributed by atoms with Crippen LogP contribution in [0.2, 0.25) is 0 Å². The molecule has 1 amide bonds. The van der Waals surface area contributed by atoms with E-state index in [4.69, 9.17) is 9.47 Å². The van der Waals surface area contributed by atoms with Crippen molar-refractivity contribution in [2.45, 2.75) is 13.0 Å². The second kappa shape index (κ2) is 7.87. The molecule has 1 atom stereocenters. The molecule has 1 aromatic carbocycles. The first-order valence-corrected chi connectivity index (χ1v) is 7.41. The van der Waals surface area contributed by atoms with Gasteiger partial charge in [-0.15, -0.1) is 0 Å². The first kappa shape index (κ1) is 15.6. The summed E-state index contributed by atoms with van der Waals surface area (Å²) in [5, 5.41) is 3.52. The van der Waals surface area contributed by atoms with Gasteiger partial charge in [0.2, 0.25) is 0 Å². The maximum Gasteiger partial charge on any atom is 0.253 e. The van der Waals surface area contributed by atoms with E-state index in [1.54, 1.807) is 14.0 Å². The number of nitrogens with one attached hydrogen (secondary N) is 1. The second-order valence-corrected chi connectivity index (χ2v) is 5.24. The zero-order chi connectivity index (χ0) is 15.1. The van der Waals surface area contributed by atoms with Gasteiger partial charge in [0.25, 0.3) is 5.91 Å². The number of benzene rings is 1. The molecule has 6 heteroatoms. The van der Waals surface area contributed by atoms with Gasteiger partial charge in [0.1, 0.15) is 11.1 Å². The zero-order valence-electron chi connectivity index (χ0n) is 12.0. The third kappa shape index (κ3) is 4.63. The van der Waals surface area contributed by atoms with Gasteiger partial charge in [-0.1, -0.05) is 30.3 Å². The summed E-state index contributed by atoms with van der Waals surface area (Å²) < 4.78 is 14.6. The van der Waals surface area contributed by atoms with Crippen molar-refractivity contribution >= 4 is 22.4 Å². The van der Waals surface area contributed by atoms with Crippen LogP contribution in [0, 0.1) is 0 Å². The fourth-order valence-electron chi connectivity index (χ4n) is 1.69. The Morgan fingerprint density at radius 2 is 2.10 bits per heavy atom. The monoisotopic (exact) mass is 306 g/mol. The summed E-state index contributed by atoms with van der Waals surface area (Å²) in [4.78, 5) is 12.0. The average molecular weight is 306 g/mol. The van der Waals surface area contributed by atoms with E-state index in [-0.39, 0.29) is 5.91 Å². The Morgan fingerprint density at radius 3 is 2.81 bits per heavy atom. The number of methoxy groups -OCH3 is 1. The summed E-state index contributed by atoms with van der Waals surface area (Å²) in [5.41, 5.74) is 1.88. The second-order valence-electron chi connectivity index (χ2n) is 4.44. The van der Waals surface area contributed by atoms with Crippen LogP contribution in [0.1, 0.15) is 6.92 Å². The molecule has 0 fully saturated rings. The quantitative estimate of drug-likeness (QED) is 0.799. The smallest absolute Gasteiger partial charge is 0.253 e. The lowest BCUT2D eigenvalue weighted by atomic mass is 10.2. The van der Waals surface area contributed by atoms with Crippen LogP contribution in [0.5, 0.6) is 0 Å². The number of carbonyl (C=O) groups excluding carboxylic acids is 1. The number of carbonyl (C=O) groups is 1. The van der Waals surface area contributed by atoms with Crippen LogP contribution in [0.4, 0.5) is 5.00 Å². The highest BCUT2D eigenvalue weighted by Crippen LogP contribution is 2.25. The third-order valence-corrected chi connectivity index (χ3v) is 3.56. The maximum absolute atomic E-state index is 12.0. The molecular weight excluding hydrogens is 288 g/mol. The fourth-order valence-corrected chi connectivity index (χ4v) is 2.35. The predicted molar refractivity (Wildman–Crippen MR) is 83.5 cm³/mol. The molecular formula is C15H18N2O3S. The van der Waals surface area contributed by atoms with E-state index in [0.29, 0.717) is 18.2 Å². The van der Waals surface area contributed by atoms with Gasteiger partial charge in [-0.25, -0.2) is 0 Å².